The van der Waals surface area contributed by atoms with Crippen LogP contribution in [0.25, 0.3) is 0 Å². The molecule has 2 atom stereocenters. The highest BCUT2D eigenvalue weighted by atomic mass is 16.6. The molecule has 28 heavy (non-hydrogen) atoms. The fourth-order valence-corrected chi connectivity index (χ4v) is 2.21. The van der Waals surface area contributed by atoms with Crippen molar-refractivity contribution in [3.05, 3.63) is 71.8 Å². The van der Waals surface area contributed by atoms with E-state index in [1.54, 1.807) is 36.4 Å². The highest BCUT2D eigenvalue weighted by molar-refractivity contribution is 5.95. The van der Waals surface area contributed by atoms with E-state index >= 15 is 0 Å². The molecule has 0 bridgehead atoms. The summed E-state index contributed by atoms with van der Waals surface area (Å²) in [6, 6.07) is 15.6. The molecule has 0 unspecified atom stereocenters. The summed E-state index contributed by atoms with van der Waals surface area (Å²) in [4.78, 5) is 49.0. The summed E-state index contributed by atoms with van der Waals surface area (Å²) in [7, 11) is 2.08. The molecule has 0 aliphatic carbocycles. The maximum absolute atomic E-state index is 12.3. The lowest BCUT2D eigenvalue weighted by molar-refractivity contribution is -0.170. The summed E-state index contributed by atoms with van der Waals surface area (Å²) in [6.45, 7) is 0. The molecule has 0 radical (unpaired) electrons. The SMILES string of the molecule is COC(=O)[C@H](OC(=O)c1ccccc1)[C@@H](OC(=O)c1ccccc1)C(=O)OC. The van der Waals surface area contributed by atoms with E-state index < -0.39 is 36.1 Å². The van der Waals surface area contributed by atoms with E-state index in [4.69, 9.17) is 9.47 Å². The Bertz CT molecular complexity index is 760. The molecule has 0 amide bonds. The van der Waals surface area contributed by atoms with Gasteiger partial charge in [0.2, 0.25) is 12.2 Å². The Balaban J connectivity index is 2.29. The van der Waals surface area contributed by atoms with E-state index in [9.17, 15) is 19.2 Å². The molecule has 0 fully saturated rings. The summed E-state index contributed by atoms with van der Waals surface area (Å²) in [5, 5.41) is 0. The second kappa shape index (κ2) is 9.86. The maximum Gasteiger partial charge on any atom is 0.351 e. The summed E-state index contributed by atoms with van der Waals surface area (Å²) < 4.78 is 19.4. The minimum Gasteiger partial charge on any atom is -0.466 e. The molecule has 0 aromatic heterocycles. The Morgan fingerprint density at radius 1 is 0.607 bits per heavy atom. The number of carbonyl (C=O) groups is 4. The predicted molar refractivity (Wildman–Crippen MR) is 95.3 cm³/mol. The summed E-state index contributed by atoms with van der Waals surface area (Å²) >= 11 is 0. The van der Waals surface area contributed by atoms with Crippen LogP contribution in [0.2, 0.25) is 0 Å². The van der Waals surface area contributed by atoms with Crippen molar-refractivity contribution in [1.82, 2.24) is 0 Å². The van der Waals surface area contributed by atoms with Crippen molar-refractivity contribution in [1.29, 1.82) is 0 Å². The van der Waals surface area contributed by atoms with Gasteiger partial charge in [-0.05, 0) is 24.3 Å². The standard InChI is InChI=1S/C20H18O8/c1-25-19(23)15(27-17(21)13-9-5-3-6-10-13)16(20(24)26-2)28-18(22)14-11-7-4-8-12-14/h3-12,15-16H,1-2H3/t15-,16-/m1/s1. The first-order valence-corrected chi connectivity index (χ1v) is 8.15. The first-order chi connectivity index (χ1) is 13.5. The van der Waals surface area contributed by atoms with Gasteiger partial charge < -0.3 is 18.9 Å². The molecule has 0 saturated heterocycles. The van der Waals surface area contributed by atoms with Crippen LogP contribution in [-0.2, 0) is 28.5 Å². The number of esters is 4. The van der Waals surface area contributed by atoms with Crippen molar-refractivity contribution >= 4 is 23.9 Å². The fourth-order valence-electron chi connectivity index (χ4n) is 2.21. The number of carbonyl (C=O) groups excluding carboxylic acids is 4. The predicted octanol–water partition coefficient (Wildman–Crippen LogP) is 1.78. The van der Waals surface area contributed by atoms with E-state index in [1.165, 1.54) is 24.3 Å². The van der Waals surface area contributed by atoms with Crippen molar-refractivity contribution in [2.75, 3.05) is 14.2 Å². The van der Waals surface area contributed by atoms with Crippen LogP contribution in [0.5, 0.6) is 0 Å². The molecule has 8 heteroatoms. The number of hydrogen-bond acceptors (Lipinski definition) is 8. The first kappa shape index (κ1) is 20.6. The number of hydrogen-bond donors (Lipinski definition) is 0. The van der Waals surface area contributed by atoms with Gasteiger partial charge in [-0.25, -0.2) is 19.2 Å². The zero-order chi connectivity index (χ0) is 20.5. The third-order valence-electron chi connectivity index (χ3n) is 3.63. The molecular formula is C20H18O8. The fraction of sp³-hybridized carbons (Fsp3) is 0.200. The highest BCUT2D eigenvalue weighted by Gasteiger charge is 2.42. The summed E-state index contributed by atoms with van der Waals surface area (Å²) in [6.07, 6.45) is -3.70. The third kappa shape index (κ3) is 5.16. The van der Waals surface area contributed by atoms with Crippen molar-refractivity contribution in [2.24, 2.45) is 0 Å². The summed E-state index contributed by atoms with van der Waals surface area (Å²) in [5.41, 5.74) is 0.267. The molecule has 2 aromatic carbocycles. The molecular weight excluding hydrogens is 368 g/mol. The molecule has 0 spiro atoms. The quantitative estimate of drug-likeness (QED) is 0.524. The number of methoxy groups -OCH3 is 2. The van der Waals surface area contributed by atoms with Gasteiger partial charge in [0.05, 0.1) is 25.3 Å². The van der Waals surface area contributed by atoms with Crippen LogP contribution in [0.15, 0.2) is 60.7 Å². The van der Waals surface area contributed by atoms with Crippen molar-refractivity contribution in [2.45, 2.75) is 12.2 Å². The lowest BCUT2D eigenvalue weighted by Gasteiger charge is -2.23. The molecule has 2 rings (SSSR count). The molecule has 8 nitrogen and oxygen atoms in total. The largest absolute Gasteiger partial charge is 0.466 e. The van der Waals surface area contributed by atoms with Gasteiger partial charge >= 0.3 is 23.9 Å². The Kier molecular flexibility index (Phi) is 7.27. The number of ether oxygens (including phenoxy) is 4. The van der Waals surface area contributed by atoms with Gasteiger partial charge in [0, 0.05) is 0 Å². The molecule has 0 saturated carbocycles. The van der Waals surface area contributed by atoms with Crippen molar-refractivity contribution in [3.63, 3.8) is 0 Å². The van der Waals surface area contributed by atoms with Crippen molar-refractivity contribution in [3.8, 4) is 0 Å². The Morgan fingerprint density at radius 3 is 1.21 bits per heavy atom. The minimum absolute atomic E-state index is 0.134. The van der Waals surface area contributed by atoms with E-state index in [2.05, 4.69) is 9.47 Å². The van der Waals surface area contributed by atoms with E-state index in [1.807, 2.05) is 0 Å². The van der Waals surface area contributed by atoms with E-state index in [0.29, 0.717) is 0 Å². The van der Waals surface area contributed by atoms with Gasteiger partial charge in [0.15, 0.2) is 0 Å². The summed E-state index contributed by atoms with van der Waals surface area (Å²) in [5.74, 6) is -3.97. The third-order valence-corrected chi connectivity index (χ3v) is 3.63. The second-order valence-electron chi connectivity index (χ2n) is 5.43. The maximum atomic E-state index is 12.3. The average Bonchev–Trinajstić information content (AvgIpc) is 2.75. The zero-order valence-corrected chi connectivity index (χ0v) is 15.2. The Morgan fingerprint density at radius 2 is 0.929 bits per heavy atom. The molecule has 146 valence electrons. The molecule has 0 heterocycles. The van der Waals surface area contributed by atoms with Crippen molar-refractivity contribution < 1.29 is 38.1 Å². The molecule has 0 N–H and O–H groups in total. The van der Waals surface area contributed by atoms with Crippen LogP contribution in [0.4, 0.5) is 0 Å². The van der Waals surface area contributed by atoms with Gasteiger partial charge in [-0.2, -0.15) is 0 Å². The van der Waals surface area contributed by atoms with Gasteiger partial charge in [-0.3, -0.25) is 0 Å². The van der Waals surface area contributed by atoms with Crippen LogP contribution in [-0.4, -0.2) is 50.3 Å². The lowest BCUT2D eigenvalue weighted by atomic mass is 10.1. The minimum atomic E-state index is -1.85. The second-order valence-corrected chi connectivity index (χ2v) is 5.43. The van der Waals surface area contributed by atoms with Crippen LogP contribution in [0.1, 0.15) is 20.7 Å². The number of rotatable bonds is 7. The van der Waals surface area contributed by atoms with Crippen LogP contribution < -0.4 is 0 Å². The van der Waals surface area contributed by atoms with Crippen LogP contribution in [0.3, 0.4) is 0 Å². The smallest absolute Gasteiger partial charge is 0.351 e. The Labute approximate surface area is 161 Å². The van der Waals surface area contributed by atoms with Crippen LogP contribution in [0, 0.1) is 0 Å². The average molecular weight is 386 g/mol. The van der Waals surface area contributed by atoms with E-state index in [-0.39, 0.29) is 11.1 Å². The van der Waals surface area contributed by atoms with Gasteiger partial charge in [0.25, 0.3) is 0 Å². The normalized spacial score (nSPS) is 12.2. The number of benzene rings is 2. The van der Waals surface area contributed by atoms with Crippen LogP contribution >= 0.6 is 0 Å². The zero-order valence-electron chi connectivity index (χ0n) is 15.2. The monoisotopic (exact) mass is 386 g/mol. The van der Waals surface area contributed by atoms with Gasteiger partial charge in [-0.1, -0.05) is 36.4 Å². The lowest BCUT2D eigenvalue weighted by Crippen LogP contribution is -2.47. The van der Waals surface area contributed by atoms with E-state index in [0.717, 1.165) is 14.2 Å². The Hall–Kier alpha value is -3.68. The first-order valence-electron chi connectivity index (χ1n) is 8.15. The highest BCUT2D eigenvalue weighted by Crippen LogP contribution is 2.15. The van der Waals surface area contributed by atoms with Gasteiger partial charge in [-0.15, -0.1) is 0 Å². The van der Waals surface area contributed by atoms with Gasteiger partial charge in [0.1, 0.15) is 0 Å². The molecule has 0 aliphatic rings. The molecule has 0 aliphatic heterocycles. The molecule has 2 aromatic rings. The topological polar surface area (TPSA) is 105 Å².